The monoisotopic (exact) mass is 360 g/mol. The number of nitro benzene ring substituents is 1. The van der Waals surface area contributed by atoms with Crippen molar-refractivity contribution in [3.05, 3.63) is 69.2 Å². The van der Waals surface area contributed by atoms with Crippen LogP contribution in [0.1, 0.15) is 5.56 Å². The Hall–Kier alpha value is -2.38. The van der Waals surface area contributed by atoms with Gasteiger partial charge in [-0.05, 0) is 24.3 Å². The summed E-state index contributed by atoms with van der Waals surface area (Å²) in [4.78, 5) is 10.7. The van der Waals surface area contributed by atoms with E-state index in [1.54, 1.807) is 30.3 Å². The number of hydrogen-bond acceptors (Lipinski definition) is 5. The Morgan fingerprint density at radius 3 is 2.58 bits per heavy atom. The summed E-state index contributed by atoms with van der Waals surface area (Å²) >= 11 is 7.31. The van der Waals surface area contributed by atoms with E-state index in [1.165, 1.54) is 17.8 Å². The topological polar surface area (TPSA) is 73.8 Å². The van der Waals surface area contributed by atoms with Gasteiger partial charge in [-0.15, -0.1) is 10.2 Å². The Morgan fingerprint density at radius 1 is 1.17 bits per heavy atom. The lowest BCUT2D eigenvalue weighted by Crippen LogP contribution is -1.96. The Bertz CT molecular complexity index is 880. The summed E-state index contributed by atoms with van der Waals surface area (Å²) in [5, 5.41) is 20.8. The Morgan fingerprint density at radius 2 is 1.88 bits per heavy atom. The molecule has 1 heterocycles. The van der Waals surface area contributed by atoms with E-state index < -0.39 is 0 Å². The van der Waals surface area contributed by atoms with Gasteiger partial charge >= 0.3 is 0 Å². The molecule has 0 spiro atoms. The van der Waals surface area contributed by atoms with Crippen LogP contribution in [0.2, 0.25) is 5.02 Å². The highest BCUT2D eigenvalue weighted by molar-refractivity contribution is 7.98. The number of benzene rings is 2. The summed E-state index contributed by atoms with van der Waals surface area (Å²) in [6.07, 6.45) is 0. The van der Waals surface area contributed by atoms with Crippen LogP contribution in [0.15, 0.2) is 53.7 Å². The molecule has 0 fully saturated rings. The molecule has 122 valence electrons. The Kier molecular flexibility index (Phi) is 4.82. The highest BCUT2D eigenvalue weighted by Crippen LogP contribution is 2.29. The standard InChI is InChI=1S/C16H13ClN4O2S/c1-20-15(11-6-8-13(17)9-7-11)18-19-16(20)24-10-12-4-2-3-5-14(12)21(22)23/h2-9H,10H2,1H3. The fourth-order valence-electron chi connectivity index (χ4n) is 2.24. The molecule has 0 aliphatic carbocycles. The molecular weight excluding hydrogens is 348 g/mol. The fraction of sp³-hybridized carbons (Fsp3) is 0.125. The van der Waals surface area contributed by atoms with Crippen LogP contribution in [0.5, 0.6) is 0 Å². The molecule has 0 unspecified atom stereocenters. The van der Waals surface area contributed by atoms with Gasteiger partial charge in [0.1, 0.15) is 0 Å². The highest BCUT2D eigenvalue weighted by Gasteiger charge is 2.15. The van der Waals surface area contributed by atoms with Gasteiger partial charge in [0.15, 0.2) is 11.0 Å². The minimum Gasteiger partial charge on any atom is -0.305 e. The molecule has 0 saturated heterocycles. The van der Waals surface area contributed by atoms with Crippen LogP contribution < -0.4 is 0 Å². The third kappa shape index (κ3) is 3.42. The maximum absolute atomic E-state index is 11.1. The molecule has 0 saturated carbocycles. The van der Waals surface area contributed by atoms with Crippen LogP contribution in [0.3, 0.4) is 0 Å². The molecule has 0 N–H and O–H groups in total. The van der Waals surface area contributed by atoms with Crippen LogP contribution in [0.25, 0.3) is 11.4 Å². The van der Waals surface area contributed by atoms with Crippen LogP contribution >= 0.6 is 23.4 Å². The van der Waals surface area contributed by atoms with Gasteiger partial charge in [-0.25, -0.2) is 0 Å². The minimum atomic E-state index is -0.369. The maximum atomic E-state index is 11.1. The number of para-hydroxylation sites is 1. The summed E-state index contributed by atoms with van der Waals surface area (Å²) < 4.78 is 1.86. The Labute approximate surface area is 147 Å². The lowest BCUT2D eigenvalue weighted by molar-refractivity contribution is -0.385. The third-order valence-corrected chi connectivity index (χ3v) is 4.80. The van der Waals surface area contributed by atoms with Crippen LogP contribution in [-0.4, -0.2) is 19.7 Å². The van der Waals surface area contributed by atoms with Crippen molar-refractivity contribution in [3.8, 4) is 11.4 Å². The zero-order valence-electron chi connectivity index (χ0n) is 12.7. The molecule has 0 radical (unpaired) electrons. The van der Waals surface area contributed by atoms with Crippen molar-refractivity contribution < 1.29 is 4.92 Å². The van der Waals surface area contributed by atoms with E-state index in [1.807, 2.05) is 23.7 Å². The van der Waals surface area contributed by atoms with Gasteiger partial charge in [0, 0.05) is 35.0 Å². The number of aromatic nitrogens is 3. The van der Waals surface area contributed by atoms with Gasteiger partial charge < -0.3 is 4.57 Å². The summed E-state index contributed by atoms with van der Waals surface area (Å²) in [5.74, 6) is 1.17. The third-order valence-electron chi connectivity index (χ3n) is 3.48. The molecule has 3 aromatic rings. The van der Waals surface area contributed by atoms with Crippen LogP contribution in [-0.2, 0) is 12.8 Å². The molecule has 24 heavy (non-hydrogen) atoms. The molecule has 6 nitrogen and oxygen atoms in total. The second kappa shape index (κ2) is 7.02. The van der Waals surface area contributed by atoms with Crippen molar-refractivity contribution in [1.82, 2.24) is 14.8 Å². The maximum Gasteiger partial charge on any atom is 0.273 e. The van der Waals surface area contributed by atoms with E-state index in [0.29, 0.717) is 21.5 Å². The van der Waals surface area contributed by atoms with E-state index in [-0.39, 0.29) is 10.6 Å². The molecule has 0 amide bonds. The molecule has 0 bridgehead atoms. The number of rotatable bonds is 5. The van der Waals surface area contributed by atoms with Gasteiger partial charge in [-0.2, -0.15) is 0 Å². The molecule has 2 aromatic carbocycles. The van der Waals surface area contributed by atoms with Gasteiger partial charge in [-0.3, -0.25) is 10.1 Å². The normalized spacial score (nSPS) is 10.8. The number of halogens is 1. The molecule has 0 atom stereocenters. The summed E-state index contributed by atoms with van der Waals surface area (Å²) in [6.45, 7) is 0. The van der Waals surface area contributed by atoms with E-state index in [9.17, 15) is 10.1 Å². The Balaban J connectivity index is 1.80. The first-order valence-corrected chi connectivity index (χ1v) is 8.43. The molecule has 0 aliphatic heterocycles. The lowest BCUT2D eigenvalue weighted by atomic mass is 10.2. The fourth-order valence-corrected chi connectivity index (χ4v) is 3.28. The molecular formula is C16H13ClN4O2S. The zero-order valence-corrected chi connectivity index (χ0v) is 14.3. The number of nitrogens with zero attached hydrogens (tertiary/aromatic N) is 4. The van der Waals surface area contributed by atoms with E-state index >= 15 is 0 Å². The smallest absolute Gasteiger partial charge is 0.273 e. The predicted molar refractivity (Wildman–Crippen MR) is 94.1 cm³/mol. The van der Waals surface area contributed by atoms with Crippen molar-refractivity contribution in [2.75, 3.05) is 0 Å². The van der Waals surface area contributed by atoms with E-state index in [2.05, 4.69) is 10.2 Å². The SMILES string of the molecule is Cn1c(SCc2ccccc2[N+](=O)[O-])nnc1-c1ccc(Cl)cc1. The van der Waals surface area contributed by atoms with Crippen molar-refractivity contribution in [2.45, 2.75) is 10.9 Å². The van der Waals surface area contributed by atoms with Crippen LogP contribution in [0.4, 0.5) is 5.69 Å². The lowest BCUT2D eigenvalue weighted by Gasteiger charge is -2.05. The number of hydrogen-bond donors (Lipinski definition) is 0. The second-order valence-electron chi connectivity index (χ2n) is 5.05. The van der Waals surface area contributed by atoms with Crippen molar-refractivity contribution in [1.29, 1.82) is 0 Å². The number of nitro groups is 1. The average molecular weight is 361 g/mol. The molecule has 8 heteroatoms. The predicted octanol–water partition coefficient (Wildman–Crippen LogP) is 4.34. The number of thioether (sulfide) groups is 1. The minimum absolute atomic E-state index is 0.116. The van der Waals surface area contributed by atoms with E-state index in [4.69, 9.17) is 11.6 Å². The molecule has 3 rings (SSSR count). The van der Waals surface area contributed by atoms with Gasteiger partial charge in [0.05, 0.1) is 4.92 Å². The largest absolute Gasteiger partial charge is 0.305 e. The van der Waals surface area contributed by atoms with Gasteiger partial charge in [-0.1, -0.05) is 41.6 Å². The van der Waals surface area contributed by atoms with Crippen LogP contribution in [0, 0.1) is 10.1 Å². The van der Waals surface area contributed by atoms with Crippen molar-refractivity contribution in [3.63, 3.8) is 0 Å². The first-order valence-electron chi connectivity index (χ1n) is 7.06. The zero-order chi connectivity index (χ0) is 17.1. The molecule has 0 aliphatic rings. The second-order valence-corrected chi connectivity index (χ2v) is 6.43. The summed E-state index contributed by atoms with van der Waals surface area (Å²) in [7, 11) is 1.87. The first kappa shape index (κ1) is 16.5. The quantitative estimate of drug-likeness (QED) is 0.384. The first-order chi connectivity index (χ1) is 11.6. The summed E-state index contributed by atoms with van der Waals surface area (Å²) in [5.41, 5.74) is 1.68. The van der Waals surface area contributed by atoms with E-state index in [0.717, 1.165) is 11.4 Å². The summed E-state index contributed by atoms with van der Waals surface area (Å²) in [6, 6.07) is 14.1. The van der Waals surface area contributed by atoms with Crippen molar-refractivity contribution in [2.24, 2.45) is 7.05 Å². The average Bonchev–Trinajstić information content (AvgIpc) is 2.95. The van der Waals surface area contributed by atoms with Gasteiger partial charge in [0.2, 0.25) is 0 Å². The highest BCUT2D eigenvalue weighted by atomic mass is 35.5. The van der Waals surface area contributed by atoms with Crippen molar-refractivity contribution >= 4 is 29.1 Å². The van der Waals surface area contributed by atoms with Gasteiger partial charge in [0.25, 0.3) is 5.69 Å². The molecule has 1 aromatic heterocycles.